The third-order valence-corrected chi connectivity index (χ3v) is 6.36. The zero-order valence-electron chi connectivity index (χ0n) is 18.3. The Morgan fingerprint density at radius 3 is 2.50 bits per heavy atom. The van der Waals surface area contributed by atoms with Crippen LogP contribution in [0, 0.1) is 0 Å². The molecule has 32 heavy (non-hydrogen) atoms. The normalized spacial score (nSPS) is 13.4. The second kappa shape index (κ2) is 10.7. The Hall–Kier alpha value is -2.80. The second-order valence-electron chi connectivity index (χ2n) is 7.42. The third kappa shape index (κ3) is 6.13. The maximum Gasteiger partial charge on any atom is 0.416 e. The van der Waals surface area contributed by atoms with E-state index in [4.69, 9.17) is 0 Å². The predicted octanol–water partition coefficient (Wildman–Crippen LogP) is 7.70. The molecule has 168 valence electrons. The van der Waals surface area contributed by atoms with E-state index in [1.165, 1.54) is 12.1 Å². The van der Waals surface area contributed by atoms with E-state index in [-0.39, 0.29) is 6.04 Å². The van der Waals surface area contributed by atoms with Gasteiger partial charge < -0.3 is 5.32 Å². The summed E-state index contributed by atoms with van der Waals surface area (Å²) in [4.78, 5) is 9.88. The van der Waals surface area contributed by atoms with Crippen molar-refractivity contribution in [1.82, 2.24) is 9.97 Å². The molecule has 3 nitrogen and oxygen atoms in total. The summed E-state index contributed by atoms with van der Waals surface area (Å²) in [5.41, 5.74) is 2.43. The lowest BCUT2D eigenvalue weighted by Crippen LogP contribution is -2.10. The number of halogens is 3. The molecule has 0 saturated heterocycles. The van der Waals surface area contributed by atoms with Crippen molar-refractivity contribution in [1.29, 1.82) is 0 Å². The van der Waals surface area contributed by atoms with Gasteiger partial charge in [0.05, 0.1) is 17.3 Å². The number of allylic oxidation sites excluding steroid dienone is 1. The Morgan fingerprint density at radius 2 is 1.81 bits per heavy atom. The highest BCUT2D eigenvalue weighted by atomic mass is 32.2. The highest BCUT2D eigenvalue weighted by Gasteiger charge is 2.30. The van der Waals surface area contributed by atoms with E-state index in [0.717, 1.165) is 34.3 Å². The minimum atomic E-state index is -4.38. The van der Waals surface area contributed by atoms with Gasteiger partial charge in [0, 0.05) is 11.1 Å². The van der Waals surface area contributed by atoms with Crippen LogP contribution in [0.5, 0.6) is 0 Å². The Morgan fingerprint density at radius 1 is 1.06 bits per heavy atom. The van der Waals surface area contributed by atoms with Gasteiger partial charge in [-0.05, 0) is 60.9 Å². The topological polar surface area (TPSA) is 37.8 Å². The van der Waals surface area contributed by atoms with Crippen LogP contribution >= 0.6 is 11.8 Å². The third-order valence-electron chi connectivity index (χ3n) is 4.95. The van der Waals surface area contributed by atoms with Gasteiger partial charge in [0.25, 0.3) is 0 Å². The minimum Gasteiger partial charge on any atom is -0.348 e. The molecule has 0 aliphatic carbocycles. The Balaban J connectivity index is 1.96. The van der Waals surface area contributed by atoms with Gasteiger partial charge in [-0.1, -0.05) is 49.4 Å². The highest BCUT2D eigenvalue weighted by Crippen LogP contribution is 2.37. The molecule has 3 aromatic rings. The van der Waals surface area contributed by atoms with Gasteiger partial charge in [-0.25, -0.2) is 9.97 Å². The van der Waals surface area contributed by atoms with Crippen LogP contribution in [-0.4, -0.2) is 15.7 Å². The van der Waals surface area contributed by atoms with Crippen molar-refractivity contribution in [2.75, 3.05) is 11.1 Å². The molecule has 1 atom stereocenters. The molecule has 2 aromatic carbocycles. The number of hydrogen-bond donors (Lipinski definition) is 1. The average molecular weight is 458 g/mol. The molecule has 0 bridgehead atoms. The van der Waals surface area contributed by atoms with Gasteiger partial charge in [0.2, 0.25) is 5.95 Å². The second-order valence-corrected chi connectivity index (χ2v) is 8.53. The lowest BCUT2D eigenvalue weighted by molar-refractivity contribution is -0.137. The van der Waals surface area contributed by atoms with E-state index in [1.54, 1.807) is 30.1 Å². The van der Waals surface area contributed by atoms with Crippen molar-refractivity contribution in [3.63, 3.8) is 0 Å². The van der Waals surface area contributed by atoms with Gasteiger partial charge in [-0.15, -0.1) is 11.8 Å². The van der Waals surface area contributed by atoms with Crippen LogP contribution < -0.4 is 5.32 Å². The molecule has 0 radical (unpaired) electrons. The van der Waals surface area contributed by atoms with E-state index in [1.807, 2.05) is 44.2 Å². The first kappa shape index (κ1) is 23.9. The molecule has 1 N–H and O–H groups in total. The maximum atomic E-state index is 13.2. The fourth-order valence-corrected chi connectivity index (χ4v) is 4.22. The Bertz CT molecular complexity index is 1070. The number of thioether (sulfide) groups is 1. The summed E-state index contributed by atoms with van der Waals surface area (Å²) in [6.45, 7) is 5.94. The number of nitrogens with zero attached hydrogens (tertiary/aromatic N) is 2. The summed E-state index contributed by atoms with van der Waals surface area (Å²) in [6, 6.07) is 17.2. The first-order valence-electron chi connectivity index (χ1n) is 10.5. The molecule has 0 aliphatic heterocycles. The van der Waals surface area contributed by atoms with Gasteiger partial charge >= 0.3 is 6.18 Å². The molecule has 1 unspecified atom stereocenters. The van der Waals surface area contributed by atoms with Crippen molar-refractivity contribution < 1.29 is 13.2 Å². The van der Waals surface area contributed by atoms with Crippen molar-refractivity contribution in [2.24, 2.45) is 0 Å². The van der Waals surface area contributed by atoms with Crippen molar-refractivity contribution in [3.8, 4) is 0 Å². The highest BCUT2D eigenvalue weighted by molar-refractivity contribution is 8.08. The number of anilines is 1. The van der Waals surface area contributed by atoms with Crippen LogP contribution in [0.25, 0.3) is 10.5 Å². The van der Waals surface area contributed by atoms with Gasteiger partial charge in [-0.2, -0.15) is 13.2 Å². The molecule has 0 aliphatic rings. The molecular formula is C25H26F3N3S. The average Bonchev–Trinajstić information content (AvgIpc) is 2.79. The lowest BCUT2D eigenvalue weighted by atomic mass is 10.0. The summed E-state index contributed by atoms with van der Waals surface area (Å²) in [5, 5.41) is 3.31. The summed E-state index contributed by atoms with van der Waals surface area (Å²) >= 11 is 1.60. The van der Waals surface area contributed by atoms with E-state index in [0.29, 0.717) is 17.2 Å². The monoisotopic (exact) mass is 457 g/mol. The van der Waals surface area contributed by atoms with Gasteiger partial charge in [0.1, 0.15) is 0 Å². The number of hydrogen-bond acceptors (Lipinski definition) is 4. The number of alkyl halides is 3. The zero-order chi connectivity index (χ0) is 23.1. The summed E-state index contributed by atoms with van der Waals surface area (Å²) in [5.74, 6) is 1.31. The first-order valence-corrected chi connectivity index (χ1v) is 11.4. The summed E-state index contributed by atoms with van der Waals surface area (Å²) in [7, 11) is 0. The molecule has 7 heteroatoms. The van der Waals surface area contributed by atoms with Crippen LogP contribution in [0.15, 0.2) is 66.9 Å². The Kier molecular flexibility index (Phi) is 7.96. The molecule has 3 rings (SSSR count). The molecule has 1 aromatic heterocycles. The molecule has 0 amide bonds. The van der Waals surface area contributed by atoms with Crippen LogP contribution in [0.3, 0.4) is 0 Å². The van der Waals surface area contributed by atoms with E-state index in [2.05, 4.69) is 22.2 Å². The largest absolute Gasteiger partial charge is 0.416 e. The van der Waals surface area contributed by atoms with Crippen LogP contribution in [-0.2, 0) is 6.18 Å². The number of nitrogens with one attached hydrogen (secondary N) is 1. The fourth-order valence-electron chi connectivity index (χ4n) is 3.21. The zero-order valence-corrected chi connectivity index (χ0v) is 19.1. The van der Waals surface area contributed by atoms with Crippen molar-refractivity contribution in [2.45, 2.75) is 39.4 Å². The van der Waals surface area contributed by atoms with Crippen molar-refractivity contribution >= 4 is 28.2 Å². The molecule has 0 spiro atoms. The quantitative estimate of drug-likeness (QED) is 0.376. The predicted molar refractivity (Wildman–Crippen MR) is 127 cm³/mol. The number of benzene rings is 2. The van der Waals surface area contributed by atoms with Crippen LogP contribution in [0.4, 0.5) is 19.1 Å². The summed E-state index contributed by atoms with van der Waals surface area (Å²) < 4.78 is 39.7. The molecule has 0 saturated carbocycles. The minimum absolute atomic E-state index is 0.00624. The SMILES string of the molecule is CCCS/C(=C(\C)c1cccc(C(F)(F)F)c1)c1ccnc(NC(C)c2ccccc2)n1. The van der Waals surface area contributed by atoms with E-state index in [9.17, 15) is 13.2 Å². The summed E-state index contributed by atoms with van der Waals surface area (Å²) in [6.07, 6.45) is -1.77. The molecule has 1 heterocycles. The number of aromatic nitrogens is 2. The van der Waals surface area contributed by atoms with Crippen molar-refractivity contribution in [3.05, 3.63) is 89.2 Å². The van der Waals surface area contributed by atoms with Gasteiger partial charge in [0.15, 0.2) is 0 Å². The van der Waals surface area contributed by atoms with E-state index < -0.39 is 11.7 Å². The van der Waals surface area contributed by atoms with Gasteiger partial charge in [-0.3, -0.25) is 0 Å². The molecule has 0 fully saturated rings. The Labute approximate surface area is 191 Å². The molecular weight excluding hydrogens is 431 g/mol. The van der Waals surface area contributed by atoms with Crippen LogP contribution in [0.1, 0.15) is 55.6 Å². The fraction of sp³-hybridized carbons (Fsp3) is 0.280. The first-order chi connectivity index (χ1) is 15.3. The smallest absolute Gasteiger partial charge is 0.348 e. The standard InChI is InChI=1S/C25H26F3N3S/c1-4-15-32-23(17(2)20-11-8-12-21(16-20)25(26,27)28)22-13-14-29-24(31-22)30-18(3)19-9-6-5-7-10-19/h5-14,16,18H,4,15H2,1-3H3,(H,29,30,31)/b23-17+. The van der Waals surface area contributed by atoms with E-state index >= 15 is 0 Å². The maximum absolute atomic E-state index is 13.2. The number of rotatable bonds is 8. The lowest BCUT2D eigenvalue weighted by Gasteiger charge is -2.16. The van der Waals surface area contributed by atoms with Crippen LogP contribution in [0.2, 0.25) is 0 Å².